The molecule has 0 aromatic rings. The zero-order chi connectivity index (χ0) is 9.94. The summed E-state index contributed by atoms with van der Waals surface area (Å²) in [5, 5.41) is 0. The first kappa shape index (κ1) is 12.5. The van der Waals surface area contributed by atoms with Crippen LogP contribution in [0, 0.1) is 11.8 Å². The zero-order valence-electron chi connectivity index (χ0n) is 8.90. The molecular formula is C11H22N2. The number of hydrazine groups is 1. The number of rotatable bonds is 7. The van der Waals surface area contributed by atoms with Crippen molar-refractivity contribution in [2.75, 3.05) is 0 Å². The van der Waals surface area contributed by atoms with Crippen LogP contribution < -0.4 is 11.3 Å². The molecule has 0 aliphatic carbocycles. The molecule has 0 saturated heterocycles. The minimum absolute atomic E-state index is 0.451. The second-order valence-corrected chi connectivity index (χ2v) is 3.32. The molecule has 0 bridgehead atoms. The van der Waals surface area contributed by atoms with E-state index in [1.807, 2.05) is 6.92 Å². The van der Waals surface area contributed by atoms with Crippen molar-refractivity contribution in [2.45, 2.75) is 58.4 Å². The fourth-order valence-electron chi connectivity index (χ4n) is 1.32. The van der Waals surface area contributed by atoms with Gasteiger partial charge < -0.3 is 0 Å². The predicted octanol–water partition coefficient (Wildman–Crippen LogP) is 2.20. The Balaban J connectivity index is 3.43. The lowest BCUT2D eigenvalue weighted by molar-refractivity contribution is 0.448. The Morgan fingerprint density at radius 2 is 2.08 bits per heavy atom. The predicted molar refractivity (Wildman–Crippen MR) is 57.9 cm³/mol. The number of nitrogens with one attached hydrogen (secondary N) is 1. The Labute approximate surface area is 82.2 Å². The highest BCUT2D eigenvalue weighted by molar-refractivity contribution is 4.95. The largest absolute Gasteiger partial charge is 0.271 e. The van der Waals surface area contributed by atoms with E-state index in [-0.39, 0.29) is 0 Å². The van der Waals surface area contributed by atoms with Gasteiger partial charge in [0.15, 0.2) is 0 Å². The molecule has 0 heterocycles. The van der Waals surface area contributed by atoms with E-state index in [1.165, 1.54) is 25.7 Å². The van der Waals surface area contributed by atoms with Crippen LogP contribution in [-0.2, 0) is 0 Å². The monoisotopic (exact) mass is 182 g/mol. The summed E-state index contributed by atoms with van der Waals surface area (Å²) >= 11 is 0. The van der Waals surface area contributed by atoms with Gasteiger partial charge in [0, 0.05) is 12.5 Å². The summed E-state index contributed by atoms with van der Waals surface area (Å²) in [6.07, 6.45) is 7.04. The van der Waals surface area contributed by atoms with Crippen molar-refractivity contribution in [1.82, 2.24) is 5.43 Å². The smallest absolute Gasteiger partial charge is 0.0219 e. The molecule has 2 nitrogen and oxygen atoms in total. The van der Waals surface area contributed by atoms with Crippen LogP contribution >= 0.6 is 0 Å². The van der Waals surface area contributed by atoms with Crippen LogP contribution in [0.1, 0.15) is 52.4 Å². The van der Waals surface area contributed by atoms with E-state index in [0.29, 0.717) is 6.04 Å². The van der Waals surface area contributed by atoms with Gasteiger partial charge in [0.2, 0.25) is 0 Å². The van der Waals surface area contributed by atoms with Crippen LogP contribution in [-0.4, -0.2) is 6.04 Å². The molecule has 0 amide bonds. The van der Waals surface area contributed by atoms with Crippen molar-refractivity contribution in [3.63, 3.8) is 0 Å². The summed E-state index contributed by atoms with van der Waals surface area (Å²) < 4.78 is 0. The first-order valence-corrected chi connectivity index (χ1v) is 5.20. The summed E-state index contributed by atoms with van der Waals surface area (Å²) in [7, 11) is 0. The van der Waals surface area contributed by atoms with E-state index in [2.05, 4.69) is 24.2 Å². The molecule has 0 saturated carbocycles. The summed E-state index contributed by atoms with van der Waals surface area (Å²) in [4.78, 5) is 0. The number of hydrogen-bond acceptors (Lipinski definition) is 2. The van der Waals surface area contributed by atoms with Crippen molar-refractivity contribution in [3.8, 4) is 11.8 Å². The molecule has 0 rings (SSSR count). The van der Waals surface area contributed by atoms with Crippen molar-refractivity contribution >= 4 is 0 Å². The van der Waals surface area contributed by atoms with Gasteiger partial charge in [-0.1, -0.05) is 26.2 Å². The van der Waals surface area contributed by atoms with Crippen LogP contribution in [0.3, 0.4) is 0 Å². The standard InChI is InChI=1S/C11H22N2/c1-3-5-7-9-11(13-12)10-8-6-4-2/h11,13H,3,5,7-10,12H2,1-2H3. The minimum atomic E-state index is 0.451. The average Bonchev–Trinajstić information content (AvgIpc) is 2.16. The lowest BCUT2D eigenvalue weighted by Crippen LogP contribution is -2.34. The van der Waals surface area contributed by atoms with E-state index >= 15 is 0 Å². The van der Waals surface area contributed by atoms with Gasteiger partial charge >= 0.3 is 0 Å². The molecule has 13 heavy (non-hydrogen) atoms. The normalized spacial score (nSPS) is 11.9. The molecule has 0 aliphatic heterocycles. The maximum atomic E-state index is 5.44. The minimum Gasteiger partial charge on any atom is -0.271 e. The zero-order valence-corrected chi connectivity index (χ0v) is 8.90. The summed E-state index contributed by atoms with van der Waals surface area (Å²) in [6.45, 7) is 4.09. The van der Waals surface area contributed by atoms with Gasteiger partial charge in [0.1, 0.15) is 0 Å². The van der Waals surface area contributed by atoms with E-state index in [1.54, 1.807) is 0 Å². The van der Waals surface area contributed by atoms with Crippen LogP contribution in [0.4, 0.5) is 0 Å². The molecule has 1 atom stereocenters. The lowest BCUT2D eigenvalue weighted by atomic mass is 10.0. The van der Waals surface area contributed by atoms with E-state index < -0.39 is 0 Å². The van der Waals surface area contributed by atoms with E-state index in [0.717, 1.165) is 12.8 Å². The third-order valence-corrected chi connectivity index (χ3v) is 2.19. The molecule has 0 radical (unpaired) electrons. The summed E-state index contributed by atoms with van der Waals surface area (Å²) in [5.41, 5.74) is 2.85. The molecule has 0 aromatic carbocycles. The number of nitrogens with two attached hydrogens (primary N) is 1. The summed E-state index contributed by atoms with van der Waals surface area (Å²) in [6, 6.07) is 0.451. The first-order valence-electron chi connectivity index (χ1n) is 5.20. The molecule has 2 heteroatoms. The second kappa shape index (κ2) is 9.57. The highest BCUT2D eigenvalue weighted by atomic mass is 15.2. The molecule has 76 valence electrons. The molecule has 3 N–H and O–H groups in total. The van der Waals surface area contributed by atoms with Gasteiger partial charge in [-0.15, -0.1) is 11.8 Å². The van der Waals surface area contributed by atoms with Crippen LogP contribution in [0.25, 0.3) is 0 Å². The fourth-order valence-corrected chi connectivity index (χ4v) is 1.32. The SMILES string of the molecule is CC#CCCC(CCCCC)NN. The first-order chi connectivity index (χ1) is 6.35. The number of unbranched alkanes of at least 4 members (excludes halogenated alkanes) is 2. The molecule has 0 fully saturated rings. The molecule has 0 aromatic heterocycles. The average molecular weight is 182 g/mol. The Kier molecular flexibility index (Phi) is 9.18. The third-order valence-electron chi connectivity index (χ3n) is 2.19. The Morgan fingerprint density at radius 3 is 2.62 bits per heavy atom. The Bertz CT molecular complexity index is 155. The maximum absolute atomic E-state index is 5.44. The maximum Gasteiger partial charge on any atom is 0.0219 e. The van der Waals surface area contributed by atoms with E-state index in [9.17, 15) is 0 Å². The van der Waals surface area contributed by atoms with Gasteiger partial charge in [-0.2, -0.15) is 0 Å². The molecule has 1 unspecified atom stereocenters. The highest BCUT2D eigenvalue weighted by Gasteiger charge is 2.03. The van der Waals surface area contributed by atoms with Gasteiger partial charge in [-0.05, 0) is 19.8 Å². The fraction of sp³-hybridized carbons (Fsp3) is 0.818. The van der Waals surface area contributed by atoms with Crippen LogP contribution in [0.15, 0.2) is 0 Å². The third kappa shape index (κ3) is 7.83. The van der Waals surface area contributed by atoms with Gasteiger partial charge in [0.05, 0.1) is 0 Å². The Morgan fingerprint density at radius 1 is 1.31 bits per heavy atom. The van der Waals surface area contributed by atoms with Gasteiger partial charge in [0.25, 0.3) is 0 Å². The van der Waals surface area contributed by atoms with Crippen LogP contribution in [0.2, 0.25) is 0 Å². The van der Waals surface area contributed by atoms with Crippen molar-refractivity contribution in [3.05, 3.63) is 0 Å². The van der Waals surface area contributed by atoms with Gasteiger partial charge in [-0.25, -0.2) is 0 Å². The molecule has 0 spiro atoms. The van der Waals surface area contributed by atoms with E-state index in [4.69, 9.17) is 5.84 Å². The summed E-state index contributed by atoms with van der Waals surface area (Å²) in [5.74, 6) is 11.4. The van der Waals surface area contributed by atoms with Crippen LogP contribution in [0.5, 0.6) is 0 Å². The van der Waals surface area contributed by atoms with Crippen molar-refractivity contribution < 1.29 is 0 Å². The number of hydrogen-bond donors (Lipinski definition) is 2. The lowest BCUT2D eigenvalue weighted by Gasteiger charge is -2.13. The highest BCUT2D eigenvalue weighted by Crippen LogP contribution is 2.07. The molecular weight excluding hydrogens is 160 g/mol. The molecule has 0 aliphatic rings. The second-order valence-electron chi connectivity index (χ2n) is 3.32. The quantitative estimate of drug-likeness (QED) is 0.274. The Hall–Kier alpha value is -0.520. The topological polar surface area (TPSA) is 38.0 Å². The van der Waals surface area contributed by atoms with Crippen molar-refractivity contribution in [1.29, 1.82) is 0 Å². The van der Waals surface area contributed by atoms with Crippen molar-refractivity contribution in [2.24, 2.45) is 5.84 Å². The van der Waals surface area contributed by atoms with Gasteiger partial charge in [-0.3, -0.25) is 11.3 Å².